The lowest BCUT2D eigenvalue weighted by Crippen LogP contribution is -2.06. The lowest BCUT2D eigenvalue weighted by atomic mass is 9.97. The minimum Gasteiger partial charge on any atom is -0.456 e. The van der Waals surface area contributed by atoms with Crippen LogP contribution in [0, 0.1) is 0 Å². The Labute approximate surface area is 333 Å². The maximum absolute atomic E-state index is 6.57. The Kier molecular flexibility index (Phi) is 6.50. The van der Waals surface area contributed by atoms with E-state index >= 15 is 0 Å². The summed E-state index contributed by atoms with van der Waals surface area (Å²) in [6.07, 6.45) is 0. The average molecular weight is 761 g/mol. The minimum atomic E-state index is 0.528. The van der Waals surface area contributed by atoms with Crippen LogP contribution >= 0.6 is 11.3 Å². The molecule has 13 aromatic rings. The Hall–Kier alpha value is -7.61. The summed E-state index contributed by atoms with van der Waals surface area (Å²) in [6, 6.07) is 59.0. The van der Waals surface area contributed by atoms with Gasteiger partial charge in [-0.15, -0.1) is 11.3 Å². The van der Waals surface area contributed by atoms with Gasteiger partial charge >= 0.3 is 0 Å². The first-order valence-electron chi connectivity index (χ1n) is 19.3. The van der Waals surface area contributed by atoms with E-state index in [0.29, 0.717) is 17.6 Å². The summed E-state index contributed by atoms with van der Waals surface area (Å²) in [5.74, 6) is 1.67. The third-order valence-electron chi connectivity index (χ3n) is 11.5. The van der Waals surface area contributed by atoms with E-state index in [1.165, 1.54) is 20.2 Å². The maximum atomic E-state index is 6.57. The number of rotatable bonds is 4. The third kappa shape index (κ3) is 4.56. The van der Waals surface area contributed by atoms with Crippen molar-refractivity contribution in [2.75, 3.05) is 0 Å². The minimum absolute atomic E-state index is 0.528. The molecule has 0 saturated heterocycles. The van der Waals surface area contributed by atoms with Crippen LogP contribution in [0.2, 0.25) is 0 Å². The van der Waals surface area contributed by atoms with Gasteiger partial charge in [0.05, 0.1) is 11.0 Å². The molecular formula is C51H28N4O2S. The molecular weight excluding hydrogens is 733 g/mol. The zero-order chi connectivity index (χ0) is 37.9. The molecule has 0 bridgehead atoms. The van der Waals surface area contributed by atoms with Crippen LogP contribution in [0.15, 0.2) is 179 Å². The molecule has 6 nitrogen and oxygen atoms in total. The predicted molar refractivity (Wildman–Crippen MR) is 238 cm³/mol. The Balaban J connectivity index is 1.12. The van der Waals surface area contributed by atoms with Crippen molar-refractivity contribution in [1.82, 2.24) is 19.5 Å². The highest BCUT2D eigenvalue weighted by atomic mass is 32.1. The molecule has 5 aromatic heterocycles. The van der Waals surface area contributed by atoms with Crippen molar-refractivity contribution in [1.29, 1.82) is 0 Å². The van der Waals surface area contributed by atoms with Crippen molar-refractivity contribution in [2.45, 2.75) is 0 Å². The van der Waals surface area contributed by atoms with Crippen LogP contribution in [0.25, 0.3) is 126 Å². The van der Waals surface area contributed by atoms with Gasteiger partial charge in [0.15, 0.2) is 11.6 Å². The van der Waals surface area contributed by atoms with Gasteiger partial charge in [0.2, 0.25) is 5.95 Å². The smallest absolute Gasteiger partial charge is 0.238 e. The topological polar surface area (TPSA) is 69.9 Å². The first kappa shape index (κ1) is 31.6. The van der Waals surface area contributed by atoms with Crippen LogP contribution in [-0.4, -0.2) is 19.5 Å². The number of hydrogen-bond acceptors (Lipinski definition) is 6. The number of nitrogens with zero attached hydrogens (tertiary/aromatic N) is 4. The van der Waals surface area contributed by atoms with Crippen molar-refractivity contribution in [3.05, 3.63) is 170 Å². The molecule has 7 heteroatoms. The molecule has 5 heterocycles. The molecule has 0 fully saturated rings. The monoisotopic (exact) mass is 760 g/mol. The second-order valence-electron chi connectivity index (χ2n) is 14.7. The number of benzene rings is 8. The normalized spacial score (nSPS) is 12.1. The average Bonchev–Trinajstić information content (AvgIpc) is 4.04. The lowest BCUT2D eigenvalue weighted by Gasteiger charge is -2.12. The zero-order valence-corrected chi connectivity index (χ0v) is 31.5. The summed E-state index contributed by atoms with van der Waals surface area (Å²) in [7, 11) is 0. The second-order valence-corrected chi connectivity index (χ2v) is 15.8. The van der Waals surface area contributed by atoms with Gasteiger partial charge in [-0.3, -0.25) is 4.57 Å². The second kappa shape index (κ2) is 11.9. The quantitative estimate of drug-likeness (QED) is 0.179. The maximum Gasteiger partial charge on any atom is 0.238 e. The summed E-state index contributed by atoms with van der Waals surface area (Å²) >= 11 is 1.78. The van der Waals surface area contributed by atoms with Gasteiger partial charge in [-0.25, -0.2) is 4.98 Å². The molecule has 0 amide bonds. The van der Waals surface area contributed by atoms with Crippen LogP contribution in [0.5, 0.6) is 0 Å². The largest absolute Gasteiger partial charge is 0.456 e. The molecule has 0 spiro atoms. The standard InChI is InChI=1S/C51H28N4O2S/c1-2-12-29(13-3-1)37-26-31(27-43-46(37)35-16-5-9-19-40(35)57-43)50-52-49(30-22-23-33-32-14-7-11-21-44(32)58-45(33)28-30)53-51(54-50)55-38-18-8-4-15-34(38)47-39(55)24-25-42-48(47)36-17-6-10-20-41(36)56-42/h1-28H. The van der Waals surface area contributed by atoms with Gasteiger partial charge in [-0.05, 0) is 65.7 Å². The molecule has 0 N–H and O–H groups in total. The fourth-order valence-corrected chi connectivity index (χ4v) is 10.1. The molecule has 0 atom stereocenters. The van der Waals surface area contributed by atoms with Gasteiger partial charge in [-0.1, -0.05) is 115 Å². The number of furan rings is 2. The highest BCUT2D eigenvalue weighted by Gasteiger charge is 2.23. The fraction of sp³-hybridized carbons (Fsp3) is 0. The summed E-state index contributed by atoms with van der Waals surface area (Å²) in [6.45, 7) is 0. The van der Waals surface area contributed by atoms with E-state index in [-0.39, 0.29) is 0 Å². The number of thiophene rings is 1. The fourth-order valence-electron chi connectivity index (χ4n) is 8.91. The molecule has 0 aliphatic carbocycles. The first-order valence-corrected chi connectivity index (χ1v) is 20.1. The van der Waals surface area contributed by atoms with Crippen molar-refractivity contribution >= 4 is 97.2 Å². The van der Waals surface area contributed by atoms with Crippen LogP contribution in [0.1, 0.15) is 0 Å². The molecule has 0 aliphatic rings. The highest BCUT2D eigenvalue weighted by molar-refractivity contribution is 7.25. The van der Waals surface area contributed by atoms with Gasteiger partial charge in [-0.2, -0.15) is 9.97 Å². The van der Waals surface area contributed by atoms with Gasteiger partial charge < -0.3 is 8.83 Å². The third-order valence-corrected chi connectivity index (χ3v) is 12.6. The predicted octanol–water partition coefficient (Wildman–Crippen LogP) is 14.1. The molecule has 0 aliphatic heterocycles. The number of aromatic nitrogens is 4. The molecule has 0 unspecified atom stereocenters. The van der Waals surface area contributed by atoms with E-state index < -0.39 is 0 Å². The first-order chi connectivity index (χ1) is 28.7. The van der Waals surface area contributed by atoms with E-state index in [0.717, 1.165) is 87.9 Å². The number of hydrogen-bond donors (Lipinski definition) is 0. The van der Waals surface area contributed by atoms with Crippen molar-refractivity contribution < 1.29 is 8.83 Å². The van der Waals surface area contributed by atoms with Crippen molar-refractivity contribution in [3.63, 3.8) is 0 Å². The Morgan fingerprint density at radius 3 is 1.86 bits per heavy atom. The van der Waals surface area contributed by atoms with E-state index in [1.54, 1.807) is 11.3 Å². The van der Waals surface area contributed by atoms with Crippen LogP contribution in [-0.2, 0) is 0 Å². The Bertz CT molecular complexity index is 3820. The van der Waals surface area contributed by atoms with Gasteiger partial charge in [0.25, 0.3) is 0 Å². The SMILES string of the molecule is c1ccc(-c2cc(-c3nc(-c4ccc5c(c4)sc4ccccc45)nc(-n4c5ccccc5c5c6c(ccc54)oc4ccccc46)n3)cc3oc4ccccc4c23)cc1. The summed E-state index contributed by atoms with van der Waals surface area (Å²) in [5.41, 5.74) is 9.20. The summed E-state index contributed by atoms with van der Waals surface area (Å²) < 4.78 is 17.6. The van der Waals surface area contributed by atoms with Crippen molar-refractivity contribution in [2.24, 2.45) is 0 Å². The van der Waals surface area contributed by atoms with E-state index in [2.05, 4.69) is 144 Å². The van der Waals surface area contributed by atoms with E-state index in [1.807, 2.05) is 30.3 Å². The zero-order valence-electron chi connectivity index (χ0n) is 30.7. The molecule has 13 rings (SSSR count). The van der Waals surface area contributed by atoms with Crippen molar-refractivity contribution in [3.8, 4) is 39.9 Å². The number of fused-ring (bicyclic) bond motifs is 13. The Morgan fingerprint density at radius 2 is 1.03 bits per heavy atom. The molecule has 8 aromatic carbocycles. The number of para-hydroxylation sites is 3. The lowest BCUT2D eigenvalue weighted by molar-refractivity contribution is 0.669. The Morgan fingerprint density at radius 1 is 0.379 bits per heavy atom. The molecule has 0 radical (unpaired) electrons. The van der Waals surface area contributed by atoms with E-state index in [4.69, 9.17) is 23.8 Å². The van der Waals surface area contributed by atoms with Crippen LogP contribution in [0.3, 0.4) is 0 Å². The van der Waals surface area contributed by atoms with E-state index in [9.17, 15) is 0 Å². The highest BCUT2D eigenvalue weighted by Crippen LogP contribution is 2.43. The van der Waals surface area contributed by atoms with Crippen LogP contribution in [0.4, 0.5) is 0 Å². The summed E-state index contributed by atoms with van der Waals surface area (Å²) in [4.78, 5) is 16.0. The molecule has 58 heavy (non-hydrogen) atoms. The van der Waals surface area contributed by atoms with Crippen LogP contribution < -0.4 is 0 Å². The van der Waals surface area contributed by atoms with Gasteiger partial charge in [0, 0.05) is 63.6 Å². The molecule has 0 saturated carbocycles. The molecule has 270 valence electrons. The summed E-state index contributed by atoms with van der Waals surface area (Å²) in [5, 5.41) is 8.96. The van der Waals surface area contributed by atoms with Gasteiger partial charge in [0.1, 0.15) is 22.3 Å².